The number of rotatable bonds is 1. The Kier molecular flexibility index (Phi) is 1.84. The van der Waals surface area contributed by atoms with Crippen molar-refractivity contribution in [3.63, 3.8) is 0 Å². The minimum absolute atomic E-state index is 0.127. The average Bonchev–Trinajstić information content (AvgIpc) is 2.63. The molecule has 0 aromatic heterocycles. The van der Waals surface area contributed by atoms with Crippen LogP contribution in [0.25, 0.3) is 0 Å². The molecule has 2 aliphatic carbocycles. The molecule has 0 N–H and O–H groups in total. The van der Waals surface area contributed by atoms with Gasteiger partial charge in [0.15, 0.2) is 0 Å². The molecule has 3 unspecified atom stereocenters. The minimum Gasteiger partial charge on any atom is -0.299 e. The van der Waals surface area contributed by atoms with Crippen molar-refractivity contribution in [2.24, 2.45) is 11.3 Å². The van der Waals surface area contributed by atoms with E-state index in [1.807, 2.05) is 6.07 Å². The summed E-state index contributed by atoms with van der Waals surface area (Å²) < 4.78 is 13.1. The quantitative estimate of drug-likeness (QED) is 0.708. The van der Waals surface area contributed by atoms with Crippen LogP contribution >= 0.6 is 0 Å². The zero-order valence-corrected chi connectivity index (χ0v) is 9.59. The molecule has 1 aromatic rings. The van der Waals surface area contributed by atoms with Gasteiger partial charge in [0.05, 0.1) is 0 Å². The molecule has 1 saturated carbocycles. The highest BCUT2D eigenvalue weighted by molar-refractivity contribution is 5.97. The molecule has 1 nitrogen and oxygen atoms in total. The predicted molar refractivity (Wildman–Crippen MR) is 59.7 cm³/mol. The molecule has 0 aliphatic heterocycles. The van der Waals surface area contributed by atoms with Crippen molar-refractivity contribution in [1.82, 2.24) is 0 Å². The van der Waals surface area contributed by atoms with E-state index in [1.165, 1.54) is 11.6 Å². The normalized spacial score (nSPS) is 35.6. The molecular formula is C14H15FO. The van der Waals surface area contributed by atoms with E-state index in [0.717, 1.165) is 18.4 Å². The van der Waals surface area contributed by atoms with Gasteiger partial charge < -0.3 is 0 Å². The van der Waals surface area contributed by atoms with Crippen LogP contribution in [-0.2, 0) is 11.2 Å². The summed E-state index contributed by atoms with van der Waals surface area (Å²) in [6.45, 7) is 4.12. The van der Waals surface area contributed by atoms with E-state index in [9.17, 15) is 9.18 Å². The van der Waals surface area contributed by atoms with Crippen molar-refractivity contribution in [2.75, 3.05) is 0 Å². The fourth-order valence-electron chi connectivity index (χ4n) is 3.53. The highest BCUT2D eigenvalue weighted by Gasteiger charge is 2.60. The van der Waals surface area contributed by atoms with Gasteiger partial charge in [-0.25, -0.2) is 4.39 Å². The van der Waals surface area contributed by atoms with Gasteiger partial charge in [0.1, 0.15) is 11.6 Å². The zero-order chi connectivity index (χ0) is 11.5. The van der Waals surface area contributed by atoms with E-state index in [4.69, 9.17) is 0 Å². The van der Waals surface area contributed by atoms with E-state index < -0.39 is 0 Å². The van der Waals surface area contributed by atoms with Crippen molar-refractivity contribution in [3.8, 4) is 0 Å². The molecular weight excluding hydrogens is 203 g/mol. The summed E-state index contributed by atoms with van der Waals surface area (Å²) in [6, 6.07) is 4.98. The molecule has 2 heteroatoms. The topological polar surface area (TPSA) is 17.1 Å². The van der Waals surface area contributed by atoms with Gasteiger partial charge in [-0.1, -0.05) is 19.9 Å². The van der Waals surface area contributed by atoms with Crippen LogP contribution in [0.1, 0.15) is 37.3 Å². The summed E-state index contributed by atoms with van der Waals surface area (Å²) >= 11 is 0. The van der Waals surface area contributed by atoms with Crippen molar-refractivity contribution in [1.29, 1.82) is 0 Å². The van der Waals surface area contributed by atoms with Gasteiger partial charge in [0.25, 0.3) is 0 Å². The van der Waals surface area contributed by atoms with Gasteiger partial charge in [0, 0.05) is 17.3 Å². The van der Waals surface area contributed by atoms with E-state index >= 15 is 0 Å². The Hall–Kier alpha value is -1.18. The van der Waals surface area contributed by atoms with Crippen molar-refractivity contribution in [2.45, 2.75) is 32.6 Å². The number of Topliss-reactive ketones (excluding diaryl/α,β-unsaturated/α-hetero) is 1. The molecule has 3 atom stereocenters. The van der Waals surface area contributed by atoms with Gasteiger partial charge in [-0.15, -0.1) is 0 Å². The molecule has 16 heavy (non-hydrogen) atoms. The smallest absolute Gasteiger partial charge is 0.143 e. The number of hydrogen-bond donors (Lipinski definition) is 0. The molecule has 2 aliphatic rings. The van der Waals surface area contributed by atoms with Crippen LogP contribution in [0, 0.1) is 17.2 Å². The van der Waals surface area contributed by atoms with Crippen LogP contribution in [0.3, 0.4) is 0 Å². The Morgan fingerprint density at radius 2 is 2.25 bits per heavy atom. The molecule has 0 spiro atoms. The number of carbonyl (C=O) groups excluding carboxylic acids is 1. The maximum Gasteiger partial charge on any atom is 0.143 e. The lowest BCUT2D eigenvalue weighted by molar-refractivity contribution is -0.147. The Morgan fingerprint density at radius 1 is 1.50 bits per heavy atom. The fraction of sp³-hybridized carbons (Fsp3) is 0.500. The summed E-state index contributed by atoms with van der Waals surface area (Å²) in [5, 5.41) is 0. The summed E-state index contributed by atoms with van der Waals surface area (Å²) in [5.74, 6) is 0.643. The lowest BCUT2D eigenvalue weighted by Gasteiger charge is -2.48. The first kappa shape index (κ1) is 10.0. The number of halogens is 1. The first-order valence-electron chi connectivity index (χ1n) is 5.90. The second-order valence-corrected chi connectivity index (χ2v) is 5.27. The van der Waals surface area contributed by atoms with Crippen LogP contribution in [-0.4, -0.2) is 5.78 Å². The SMILES string of the molecule is CCC1(C)C(=O)C2Cc3cc(F)ccc3C21. The van der Waals surface area contributed by atoms with Gasteiger partial charge in [-0.05, 0) is 36.1 Å². The zero-order valence-electron chi connectivity index (χ0n) is 9.59. The number of fused-ring (bicyclic) bond motifs is 3. The van der Waals surface area contributed by atoms with Crippen LogP contribution in [0.4, 0.5) is 4.39 Å². The monoisotopic (exact) mass is 218 g/mol. The van der Waals surface area contributed by atoms with Gasteiger partial charge in [-0.3, -0.25) is 4.79 Å². The number of ketones is 1. The fourth-order valence-corrected chi connectivity index (χ4v) is 3.53. The van der Waals surface area contributed by atoms with Crippen molar-refractivity contribution in [3.05, 3.63) is 35.1 Å². The molecule has 84 valence electrons. The lowest BCUT2D eigenvalue weighted by atomic mass is 9.52. The second kappa shape index (κ2) is 2.93. The molecule has 0 radical (unpaired) electrons. The van der Waals surface area contributed by atoms with E-state index in [2.05, 4.69) is 13.8 Å². The van der Waals surface area contributed by atoms with Crippen LogP contribution < -0.4 is 0 Å². The average molecular weight is 218 g/mol. The van der Waals surface area contributed by atoms with Gasteiger partial charge >= 0.3 is 0 Å². The molecule has 1 aromatic carbocycles. The highest BCUT2D eigenvalue weighted by Crippen LogP contribution is 2.61. The van der Waals surface area contributed by atoms with Crippen LogP contribution in [0.15, 0.2) is 18.2 Å². The molecule has 0 saturated heterocycles. The minimum atomic E-state index is -0.201. The number of benzene rings is 1. The highest BCUT2D eigenvalue weighted by atomic mass is 19.1. The maximum atomic E-state index is 13.1. The first-order chi connectivity index (χ1) is 7.58. The molecule has 1 fully saturated rings. The molecule has 0 amide bonds. The third-order valence-corrected chi connectivity index (χ3v) is 4.60. The van der Waals surface area contributed by atoms with E-state index in [1.54, 1.807) is 6.07 Å². The van der Waals surface area contributed by atoms with Crippen LogP contribution in [0.2, 0.25) is 0 Å². The summed E-state index contributed by atoms with van der Waals surface area (Å²) in [6.07, 6.45) is 1.62. The van der Waals surface area contributed by atoms with E-state index in [0.29, 0.717) is 11.7 Å². The Bertz CT molecular complexity index is 480. The number of hydrogen-bond acceptors (Lipinski definition) is 1. The third-order valence-electron chi connectivity index (χ3n) is 4.60. The molecule has 0 bridgehead atoms. The second-order valence-electron chi connectivity index (χ2n) is 5.27. The Morgan fingerprint density at radius 3 is 2.94 bits per heavy atom. The summed E-state index contributed by atoms with van der Waals surface area (Å²) in [7, 11) is 0. The Balaban J connectivity index is 2.08. The number of carbonyl (C=O) groups is 1. The predicted octanol–water partition coefficient (Wildman–Crippen LogP) is 3.08. The summed E-state index contributed by atoms with van der Waals surface area (Å²) in [5.41, 5.74) is 2.05. The van der Waals surface area contributed by atoms with Crippen molar-refractivity contribution >= 4 is 5.78 Å². The van der Waals surface area contributed by atoms with Gasteiger partial charge in [0.2, 0.25) is 0 Å². The summed E-state index contributed by atoms with van der Waals surface area (Å²) in [4.78, 5) is 12.1. The first-order valence-corrected chi connectivity index (χ1v) is 5.90. The Labute approximate surface area is 94.7 Å². The maximum absolute atomic E-state index is 13.1. The van der Waals surface area contributed by atoms with Crippen molar-refractivity contribution < 1.29 is 9.18 Å². The lowest BCUT2D eigenvalue weighted by Crippen LogP contribution is -2.52. The van der Waals surface area contributed by atoms with E-state index in [-0.39, 0.29) is 17.2 Å². The van der Waals surface area contributed by atoms with Gasteiger partial charge in [-0.2, -0.15) is 0 Å². The largest absolute Gasteiger partial charge is 0.299 e. The van der Waals surface area contributed by atoms with Crippen LogP contribution in [0.5, 0.6) is 0 Å². The molecule has 0 heterocycles. The molecule has 3 rings (SSSR count). The standard InChI is InChI=1S/C14H15FO/c1-3-14(2)12-10-5-4-9(15)6-8(10)7-11(12)13(14)16/h4-6,11-12H,3,7H2,1-2H3. The third kappa shape index (κ3) is 0.977.